The number of aliphatic carboxylic acids is 1. The Labute approximate surface area is 101 Å². The van der Waals surface area contributed by atoms with Crippen LogP contribution in [0.5, 0.6) is 0 Å². The van der Waals surface area contributed by atoms with Gasteiger partial charge in [0.15, 0.2) is 0 Å². The van der Waals surface area contributed by atoms with E-state index in [4.69, 9.17) is 14.6 Å². The molecule has 1 amide bonds. The smallest absolute Gasteiger partial charge is 0.300 e. The summed E-state index contributed by atoms with van der Waals surface area (Å²) in [6.07, 6.45) is -0.268. The highest BCUT2D eigenvalue weighted by molar-refractivity contribution is 5.81. The fourth-order valence-electron chi connectivity index (χ4n) is 2.01. The average Bonchev–Trinajstić information content (AvgIpc) is 2.19. The number of morpholine rings is 1. The van der Waals surface area contributed by atoms with Crippen LogP contribution in [0.1, 0.15) is 20.8 Å². The number of amides is 1. The van der Waals surface area contributed by atoms with Gasteiger partial charge in [-0.05, 0) is 13.8 Å². The number of nitrogens with one attached hydrogen (secondary N) is 1. The minimum atomic E-state index is -0.833. The molecule has 0 bridgehead atoms. The molecule has 2 aliphatic heterocycles. The zero-order chi connectivity index (χ0) is 13.1. The van der Waals surface area contributed by atoms with Gasteiger partial charge in [0.25, 0.3) is 11.9 Å². The van der Waals surface area contributed by atoms with E-state index in [-0.39, 0.29) is 17.6 Å². The van der Waals surface area contributed by atoms with Crippen LogP contribution in [0.15, 0.2) is 0 Å². The number of carboxylic acids is 1. The lowest BCUT2D eigenvalue weighted by molar-refractivity contribution is -0.189. The topological polar surface area (TPSA) is 78.9 Å². The normalized spacial score (nSPS) is 25.9. The van der Waals surface area contributed by atoms with E-state index in [0.717, 1.165) is 33.1 Å². The van der Waals surface area contributed by atoms with Gasteiger partial charge in [0, 0.05) is 26.6 Å². The second kappa shape index (κ2) is 5.46. The Hall–Kier alpha value is -1.14. The van der Waals surface area contributed by atoms with Gasteiger partial charge in [-0.2, -0.15) is 0 Å². The third kappa shape index (κ3) is 3.41. The van der Waals surface area contributed by atoms with Gasteiger partial charge in [-0.15, -0.1) is 0 Å². The molecule has 0 aromatic heterocycles. The van der Waals surface area contributed by atoms with E-state index in [1.165, 1.54) is 0 Å². The van der Waals surface area contributed by atoms with Gasteiger partial charge in [0.05, 0.1) is 6.54 Å². The van der Waals surface area contributed by atoms with Gasteiger partial charge < -0.3 is 20.1 Å². The van der Waals surface area contributed by atoms with Crippen LogP contribution in [0, 0.1) is 0 Å². The Bertz CT molecular complexity index is 298. The molecule has 1 atom stereocenters. The number of carboxylic acid groups (broad SMARTS) is 1. The van der Waals surface area contributed by atoms with Crippen molar-refractivity contribution in [2.75, 3.05) is 26.2 Å². The van der Waals surface area contributed by atoms with E-state index in [1.54, 1.807) is 0 Å². The maximum absolute atomic E-state index is 11.6. The first kappa shape index (κ1) is 13.9. The molecule has 1 spiro atoms. The largest absolute Gasteiger partial charge is 0.481 e. The van der Waals surface area contributed by atoms with Crippen molar-refractivity contribution in [2.45, 2.75) is 32.5 Å². The number of ether oxygens (including phenoxy) is 1. The van der Waals surface area contributed by atoms with Gasteiger partial charge in [-0.1, -0.05) is 0 Å². The highest BCUT2D eigenvalue weighted by Gasteiger charge is 2.46. The molecule has 0 aromatic rings. The van der Waals surface area contributed by atoms with E-state index in [0.29, 0.717) is 0 Å². The van der Waals surface area contributed by atoms with Crippen molar-refractivity contribution in [1.29, 1.82) is 0 Å². The summed E-state index contributed by atoms with van der Waals surface area (Å²) in [6.45, 7) is 8.22. The lowest BCUT2D eigenvalue weighted by Gasteiger charge is -2.50. The van der Waals surface area contributed by atoms with Crippen LogP contribution in [0.2, 0.25) is 0 Å². The molecular formula is C11H20N2O4. The summed E-state index contributed by atoms with van der Waals surface area (Å²) >= 11 is 0. The van der Waals surface area contributed by atoms with Crippen molar-refractivity contribution in [3.05, 3.63) is 0 Å². The summed E-state index contributed by atoms with van der Waals surface area (Å²) < 4.78 is 5.70. The molecular weight excluding hydrogens is 224 g/mol. The zero-order valence-electron chi connectivity index (χ0n) is 10.5. The molecule has 1 unspecified atom stereocenters. The minimum absolute atomic E-state index is 0.0800. The van der Waals surface area contributed by atoms with Gasteiger partial charge in [-0.3, -0.25) is 9.59 Å². The number of hydrogen-bond acceptors (Lipinski definition) is 4. The van der Waals surface area contributed by atoms with E-state index in [2.05, 4.69) is 5.32 Å². The quantitative estimate of drug-likeness (QED) is 0.661. The number of carbonyl (C=O) groups is 2. The fraction of sp³-hybridized carbons (Fsp3) is 0.818. The second-order valence-corrected chi connectivity index (χ2v) is 4.42. The molecule has 2 heterocycles. The van der Waals surface area contributed by atoms with Crippen molar-refractivity contribution >= 4 is 11.9 Å². The highest BCUT2D eigenvalue weighted by atomic mass is 16.5. The van der Waals surface area contributed by atoms with E-state index in [1.807, 2.05) is 18.7 Å². The Morgan fingerprint density at radius 3 is 2.53 bits per heavy atom. The standard InChI is InChI=1S/C9H16N2O2.C2H4O2/c1-3-11-6-9(4-10-5-9)13-7(2)8(11)12;1-2(3)4/h7,10H,3-6H2,1-2H3;1H3,(H,3,4). The molecule has 0 aliphatic carbocycles. The molecule has 0 saturated carbocycles. The zero-order valence-corrected chi connectivity index (χ0v) is 10.5. The van der Waals surface area contributed by atoms with Crippen LogP contribution < -0.4 is 5.32 Å². The van der Waals surface area contributed by atoms with Crippen molar-refractivity contribution in [1.82, 2.24) is 10.2 Å². The summed E-state index contributed by atoms with van der Waals surface area (Å²) in [7, 11) is 0. The number of carbonyl (C=O) groups excluding carboxylic acids is 1. The Kier molecular flexibility index (Phi) is 4.47. The lowest BCUT2D eigenvalue weighted by Crippen LogP contribution is -2.71. The van der Waals surface area contributed by atoms with Crippen LogP contribution in [0.25, 0.3) is 0 Å². The number of rotatable bonds is 1. The molecule has 2 N–H and O–H groups in total. The summed E-state index contributed by atoms with van der Waals surface area (Å²) in [5.41, 5.74) is -0.0800. The summed E-state index contributed by atoms with van der Waals surface area (Å²) in [5.74, 6) is -0.708. The summed E-state index contributed by atoms with van der Waals surface area (Å²) in [6, 6.07) is 0. The molecule has 6 nitrogen and oxygen atoms in total. The molecule has 98 valence electrons. The second-order valence-electron chi connectivity index (χ2n) is 4.42. The monoisotopic (exact) mass is 244 g/mol. The molecule has 2 fully saturated rings. The summed E-state index contributed by atoms with van der Waals surface area (Å²) in [5, 5.41) is 10.6. The third-order valence-corrected chi connectivity index (χ3v) is 2.84. The van der Waals surface area contributed by atoms with Crippen LogP contribution in [0.3, 0.4) is 0 Å². The molecule has 0 aromatic carbocycles. The van der Waals surface area contributed by atoms with Crippen LogP contribution >= 0.6 is 0 Å². The predicted octanol–water partition coefficient (Wildman–Crippen LogP) is -0.313. The number of nitrogens with zero attached hydrogens (tertiary/aromatic N) is 1. The highest BCUT2D eigenvalue weighted by Crippen LogP contribution is 2.25. The molecule has 2 saturated heterocycles. The van der Waals surface area contributed by atoms with Crippen molar-refractivity contribution in [3.63, 3.8) is 0 Å². The van der Waals surface area contributed by atoms with Gasteiger partial charge in [0.2, 0.25) is 0 Å². The Morgan fingerprint density at radius 2 is 2.18 bits per heavy atom. The first-order valence-corrected chi connectivity index (χ1v) is 5.77. The van der Waals surface area contributed by atoms with E-state index >= 15 is 0 Å². The van der Waals surface area contributed by atoms with Crippen LogP contribution in [-0.4, -0.2) is 59.8 Å². The lowest BCUT2D eigenvalue weighted by atomic mass is 9.93. The van der Waals surface area contributed by atoms with Gasteiger partial charge in [-0.25, -0.2) is 0 Å². The summed E-state index contributed by atoms with van der Waals surface area (Å²) in [4.78, 5) is 22.4. The Morgan fingerprint density at radius 1 is 1.65 bits per heavy atom. The number of likely N-dealkylation sites (N-methyl/N-ethyl adjacent to an activating group) is 1. The first-order valence-electron chi connectivity index (χ1n) is 5.77. The third-order valence-electron chi connectivity index (χ3n) is 2.84. The van der Waals surface area contributed by atoms with Gasteiger partial charge in [0.1, 0.15) is 11.7 Å². The molecule has 17 heavy (non-hydrogen) atoms. The molecule has 0 radical (unpaired) electrons. The predicted molar refractivity (Wildman–Crippen MR) is 61.7 cm³/mol. The fourth-order valence-corrected chi connectivity index (χ4v) is 2.01. The maximum Gasteiger partial charge on any atom is 0.300 e. The van der Waals surface area contributed by atoms with Crippen molar-refractivity contribution in [3.8, 4) is 0 Å². The minimum Gasteiger partial charge on any atom is -0.481 e. The molecule has 2 aliphatic rings. The maximum atomic E-state index is 11.6. The average molecular weight is 244 g/mol. The van der Waals surface area contributed by atoms with E-state index in [9.17, 15) is 4.79 Å². The van der Waals surface area contributed by atoms with Crippen molar-refractivity contribution < 1.29 is 19.4 Å². The molecule has 6 heteroatoms. The number of hydrogen-bond donors (Lipinski definition) is 2. The molecule has 2 rings (SSSR count). The van der Waals surface area contributed by atoms with Gasteiger partial charge >= 0.3 is 0 Å². The first-order chi connectivity index (χ1) is 7.90. The van der Waals surface area contributed by atoms with Crippen LogP contribution in [-0.2, 0) is 14.3 Å². The van der Waals surface area contributed by atoms with E-state index < -0.39 is 5.97 Å². The van der Waals surface area contributed by atoms with Crippen molar-refractivity contribution in [2.24, 2.45) is 0 Å². The SMILES string of the molecule is CC(=O)O.CCN1CC2(CNC2)OC(C)C1=O. The van der Waals surface area contributed by atoms with Crippen LogP contribution in [0.4, 0.5) is 0 Å². The Balaban J connectivity index is 0.000000317.